The number of anilines is 1. The molecule has 1 aromatic heterocycles. The summed E-state index contributed by atoms with van der Waals surface area (Å²) < 4.78 is 38.4. The number of halogens is 1. The molecule has 0 spiro atoms. The zero-order valence-corrected chi connectivity index (χ0v) is 38.9. The molecule has 3 aromatic carbocycles. The zero-order chi connectivity index (χ0) is 46.6. The van der Waals surface area contributed by atoms with Crippen molar-refractivity contribution in [1.29, 1.82) is 0 Å². The molecule has 17 heteroatoms. The first-order chi connectivity index (χ1) is 31.0. The average Bonchev–Trinajstić information content (AvgIpc) is 3.52. The van der Waals surface area contributed by atoms with Gasteiger partial charge in [-0.2, -0.15) is 0 Å². The number of rotatable bonds is 17. The molecule has 4 heterocycles. The highest BCUT2D eigenvalue weighted by molar-refractivity contribution is 7.92. The third kappa shape index (κ3) is 10.6. The van der Waals surface area contributed by atoms with Crippen LogP contribution in [0.1, 0.15) is 120 Å². The minimum Gasteiger partial charge on any atom is -0.491 e. The number of nitrogens with one attached hydrogen (secondary N) is 2. The van der Waals surface area contributed by atoms with Gasteiger partial charge in [0.15, 0.2) is 9.84 Å². The standard InChI is InChI=1S/C48H55ClN6O9S/c1-28(2)64-40-26-35(30(5)23-33(40)25-42-51-27-36(49)38(52-42)24-32-9-6-7-12-41(32)65(61,62)29(3)4)31-15-19-54(20-16-31)44(57)17-21-63-22-18-50-37-11-8-10-34-45(37)48(60)55(47(34)59)39-13-14-43(56)53-46(39)58/h6-12,23,26-29,31,39,50H,13-22,24-25H2,1-5H3,(H,53,56,58). The van der Waals surface area contributed by atoms with Gasteiger partial charge in [-0.1, -0.05) is 41.9 Å². The second kappa shape index (κ2) is 20.2. The molecule has 3 aliphatic rings. The summed E-state index contributed by atoms with van der Waals surface area (Å²) in [5, 5.41) is 5.14. The quantitative estimate of drug-likeness (QED) is 0.0899. The largest absolute Gasteiger partial charge is 0.491 e. The molecule has 0 radical (unpaired) electrons. The predicted molar refractivity (Wildman–Crippen MR) is 244 cm³/mol. The lowest BCUT2D eigenvalue weighted by atomic mass is 9.85. The molecular formula is C48H55ClN6O9S. The minimum absolute atomic E-state index is 0.0122. The number of nitrogens with zero attached hydrogens (tertiary/aromatic N) is 4. The molecule has 0 aliphatic carbocycles. The molecule has 344 valence electrons. The highest BCUT2D eigenvalue weighted by atomic mass is 35.5. The van der Waals surface area contributed by atoms with Crippen LogP contribution in [0.4, 0.5) is 5.69 Å². The Morgan fingerprint density at radius 2 is 1.69 bits per heavy atom. The van der Waals surface area contributed by atoms with Gasteiger partial charge in [0.1, 0.15) is 17.6 Å². The first kappa shape index (κ1) is 47.3. The van der Waals surface area contributed by atoms with E-state index in [4.69, 9.17) is 26.1 Å². The van der Waals surface area contributed by atoms with Gasteiger partial charge in [-0.3, -0.25) is 34.2 Å². The van der Waals surface area contributed by atoms with Crippen LogP contribution in [0, 0.1) is 6.92 Å². The number of sulfone groups is 1. The number of amides is 5. The molecule has 4 aromatic rings. The van der Waals surface area contributed by atoms with Gasteiger partial charge in [0.25, 0.3) is 11.8 Å². The van der Waals surface area contributed by atoms with Gasteiger partial charge in [0, 0.05) is 56.3 Å². The number of ether oxygens (including phenoxy) is 2. The number of benzene rings is 3. The van der Waals surface area contributed by atoms with Crippen LogP contribution in [-0.4, -0.2) is 108 Å². The molecule has 2 N–H and O–H groups in total. The summed E-state index contributed by atoms with van der Waals surface area (Å²) in [6.07, 6.45) is 4.01. The summed E-state index contributed by atoms with van der Waals surface area (Å²) in [7, 11) is -3.52. The fraction of sp³-hybridized carbons (Fsp3) is 0.438. The van der Waals surface area contributed by atoms with E-state index in [9.17, 15) is 32.4 Å². The fourth-order valence-electron chi connectivity index (χ4n) is 8.67. The molecule has 2 saturated heterocycles. The van der Waals surface area contributed by atoms with E-state index in [2.05, 4.69) is 34.7 Å². The summed E-state index contributed by atoms with van der Waals surface area (Å²) in [5.74, 6) is -0.745. The molecule has 5 amide bonds. The van der Waals surface area contributed by atoms with E-state index in [1.54, 1.807) is 56.4 Å². The predicted octanol–water partition coefficient (Wildman–Crippen LogP) is 6.22. The number of carbonyl (C=O) groups is 5. The monoisotopic (exact) mass is 926 g/mol. The maximum absolute atomic E-state index is 13.4. The highest BCUT2D eigenvalue weighted by Crippen LogP contribution is 2.37. The van der Waals surface area contributed by atoms with E-state index in [0.29, 0.717) is 53.8 Å². The van der Waals surface area contributed by atoms with E-state index < -0.39 is 44.8 Å². The first-order valence-corrected chi connectivity index (χ1v) is 24.0. The van der Waals surface area contributed by atoms with Gasteiger partial charge in [0.05, 0.1) is 57.7 Å². The Kier molecular flexibility index (Phi) is 14.7. The lowest BCUT2D eigenvalue weighted by Crippen LogP contribution is -2.54. The van der Waals surface area contributed by atoms with Crippen LogP contribution in [0.25, 0.3) is 0 Å². The second-order valence-corrected chi connectivity index (χ2v) is 20.1. The normalized spacial score (nSPS) is 17.0. The lowest BCUT2D eigenvalue weighted by Gasteiger charge is -2.33. The molecule has 7 rings (SSSR count). The van der Waals surface area contributed by atoms with Crippen molar-refractivity contribution in [3.8, 4) is 5.75 Å². The number of aryl methyl sites for hydroxylation is 1. The summed E-state index contributed by atoms with van der Waals surface area (Å²) in [6, 6.07) is 15.0. The number of fused-ring (bicyclic) bond motifs is 1. The average molecular weight is 928 g/mol. The second-order valence-electron chi connectivity index (χ2n) is 17.2. The molecule has 0 saturated carbocycles. The molecule has 65 heavy (non-hydrogen) atoms. The number of aromatic nitrogens is 2. The Bertz CT molecular complexity index is 2610. The fourth-order valence-corrected chi connectivity index (χ4v) is 10.1. The number of hydrogen-bond acceptors (Lipinski definition) is 12. The number of likely N-dealkylation sites (tertiary alicyclic amines) is 1. The maximum Gasteiger partial charge on any atom is 0.264 e. The van der Waals surface area contributed by atoms with Crippen LogP contribution in [0.2, 0.25) is 5.02 Å². The van der Waals surface area contributed by atoms with Crippen molar-refractivity contribution in [2.45, 2.75) is 108 Å². The Morgan fingerprint density at radius 3 is 2.42 bits per heavy atom. The van der Waals surface area contributed by atoms with E-state index >= 15 is 0 Å². The molecule has 1 unspecified atom stereocenters. The topological polar surface area (TPSA) is 194 Å². The van der Waals surface area contributed by atoms with Crippen LogP contribution in [-0.2, 0) is 41.8 Å². The Labute approximate surface area is 384 Å². The third-order valence-corrected chi connectivity index (χ3v) is 14.6. The van der Waals surface area contributed by atoms with E-state index in [-0.39, 0.29) is 72.8 Å². The first-order valence-electron chi connectivity index (χ1n) is 22.1. The van der Waals surface area contributed by atoms with Crippen molar-refractivity contribution in [3.63, 3.8) is 0 Å². The van der Waals surface area contributed by atoms with Gasteiger partial charge in [-0.05, 0) is 101 Å². The maximum atomic E-state index is 13.4. The minimum atomic E-state index is -3.52. The molecule has 0 bridgehead atoms. The van der Waals surface area contributed by atoms with Crippen LogP contribution in [0.5, 0.6) is 5.75 Å². The van der Waals surface area contributed by atoms with Crippen molar-refractivity contribution >= 4 is 56.7 Å². The van der Waals surface area contributed by atoms with E-state index in [1.807, 2.05) is 24.8 Å². The van der Waals surface area contributed by atoms with Gasteiger partial charge in [0.2, 0.25) is 17.7 Å². The SMILES string of the molecule is Cc1cc(Cc2ncc(Cl)c(Cc3ccccc3S(=O)(=O)C(C)C)n2)c(OC(C)C)cc1C1CCN(C(=O)CCOCCNc2cccc3c2C(=O)N(C2CCC(=O)NC2=O)C3=O)CC1. The number of hydrogen-bond donors (Lipinski definition) is 2. The molecular weight excluding hydrogens is 872 g/mol. The van der Waals surface area contributed by atoms with Crippen molar-refractivity contribution < 1.29 is 41.9 Å². The number of imide groups is 2. The van der Waals surface area contributed by atoms with Crippen molar-refractivity contribution in [2.24, 2.45) is 0 Å². The summed E-state index contributed by atoms with van der Waals surface area (Å²) in [6.45, 7) is 11.4. The van der Waals surface area contributed by atoms with Crippen LogP contribution in [0.3, 0.4) is 0 Å². The smallest absolute Gasteiger partial charge is 0.264 e. The van der Waals surface area contributed by atoms with Gasteiger partial charge < -0.3 is 19.7 Å². The number of piperidine rings is 2. The summed E-state index contributed by atoms with van der Waals surface area (Å²) in [5.41, 5.74) is 5.17. The lowest BCUT2D eigenvalue weighted by molar-refractivity contribution is -0.136. The third-order valence-electron chi connectivity index (χ3n) is 12.1. The van der Waals surface area contributed by atoms with E-state index in [1.165, 1.54) is 5.56 Å². The van der Waals surface area contributed by atoms with Crippen molar-refractivity contribution in [3.05, 3.63) is 111 Å². The van der Waals surface area contributed by atoms with Gasteiger partial charge in [-0.25, -0.2) is 18.4 Å². The highest BCUT2D eigenvalue weighted by Gasteiger charge is 2.45. The van der Waals surface area contributed by atoms with Crippen molar-refractivity contribution in [2.75, 3.05) is 38.2 Å². The van der Waals surface area contributed by atoms with Crippen LogP contribution >= 0.6 is 11.6 Å². The van der Waals surface area contributed by atoms with Crippen LogP contribution < -0.4 is 15.4 Å². The number of carbonyl (C=O) groups excluding carboxylic acids is 5. The summed E-state index contributed by atoms with van der Waals surface area (Å²) >= 11 is 6.59. The Morgan fingerprint density at radius 1 is 0.938 bits per heavy atom. The van der Waals surface area contributed by atoms with Gasteiger partial charge >= 0.3 is 0 Å². The molecule has 3 aliphatic heterocycles. The molecule has 2 fully saturated rings. The van der Waals surface area contributed by atoms with Crippen molar-refractivity contribution in [1.82, 2.24) is 25.1 Å². The van der Waals surface area contributed by atoms with Crippen LogP contribution in [0.15, 0.2) is 65.7 Å². The molecule has 15 nitrogen and oxygen atoms in total. The van der Waals surface area contributed by atoms with Gasteiger partial charge in [-0.15, -0.1) is 0 Å². The zero-order valence-electron chi connectivity index (χ0n) is 37.3. The van der Waals surface area contributed by atoms with E-state index in [0.717, 1.165) is 34.6 Å². The Hall–Kier alpha value is -5.71. The molecule has 1 atom stereocenters. The Balaban J connectivity index is 0.909. The summed E-state index contributed by atoms with van der Waals surface area (Å²) in [4.78, 5) is 76.3.